The maximum absolute atomic E-state index is 11.9. The summed E-state index contributed by atoms with van der Waals surface area (Å²) >= 11 is 5.84. The van der Waals surface area contributed by atoms with E-state index < -0.39 is 6.86 Å². The van der Waals surface area contributed by atoms with E-state index in [-0.39, 0.29) is 12.2 Å². The fraction of sp³-hybridized carbons (Fsp3) is 0.300. The summed E-state index contributed by atoms with van der Waals surface area (Å²) in [7, 11) is 0. The smallest absolute Gasteiger partial charge is 0.228 e. The second kappa shape index (κ2) is 4.96. The van der Waals surface area contributed by atoms with Crippen LogP contribution in [0.2, 0.25) is 5.02 Å². The van der Waals surface area contributed by atoms with Crippen molar-refractivity contribution >= 4 is 17.4 Å². The number of hydrogen-bond acceptors (Lipinski definition) is 2. The molecule has 0 aliphatic heterocycles. The molecule has 0 spiro atoms. The zero-order chi connectivity index (χ0) is 10.6. The molecular formula is C10H10ClFO2. The molecule has 1 aromatic rings. The first-order valence-corrected chi connectivity index (χ1v) is 4.48. The van der Waals surface area contributed by atoms with Gasteiger partial charge in [-0.3, -0.25) is 4.79 Å². The first-order chi connectivity index (χ1) is 6.63. The van der Waals surface area contributed by atoms with Gasteiger partial charge in [-0.15, -0.1) is 0 Å². The quantitative estimate of drug-likeness (QED) is 0.774. The largest absolute Gasteiger partial charge is 0.463 e. The highest BCUT2D eigenvalue weighted by molar-refractivity contribution is 6.31. The van der Waals surface area contributed by atoms with Crippen molar-refractivity contribution in [2.45, 2.75) is 13.3 Å². The number of alkyl halides is 1. The third-order valence-electron chi connectivity index (χ3n) is 1.68. The molecule has 0 atom stereocenters. The van der Waals surface area contributed by atoms with Gasteiger partial charge in [0.1, 0.15) is 11.5 Å². The Balaban J connectivity index is 2.90. The number of halogens is 2. The number of hydrogen-bond donors (Lipinski definition) is 0. The Kier molecular flexibility index (Phi) is 3.89. The van der Waals surface area contributed by atoms with Crippen LogP contribution in [-0.4, -0.2) is 12.6 Å². The molecule has 0 amide bonds. The van der Waals surface area contributed by atoms with Crippen molar-refractivity contribution < 1.29 is 13.9 Å². The fourth-order valence-corrected chi connectivity index (χ4v) is 1.29. The lowest BCUT2D eigenvalue weighted by molar-refractivity contribution is -0.116. The van der Waals surface area contributed by atoms with Crippen molar-refractivity contribution in [1.29, 1.82) is 0 Å². The minimum Gasteiger partial charge on any atom is -0.463 e. The van der Waals surface area contributed by atoms with Crippen LogP contribution in [0, 0.1) is 0 Å². The number of ether oxygens (including phenoxy) is 1. The molecule has 1 rings (SSSR count). The SMILES string of the molecule is CC(=O)Cc1cc(OCF)ccc1Cl. The van der Waals surface area contributed by atoms with E-state index in [9.17, 15) is 9.18 Å². The van der Waals surface area contributed by atoms with Crippen molar-refractivity contribution in [3.8, 4) is 5.75 Å². The van der Waals surface area contributed by atoms with Crippen molar-refractivity contribution in [2.75, 3.05) is 6.86 Å². The van der Waals surface area contributed by atoms with Gasteiger partial charge in [0, 0.05) is 11.4 Å². The summed E-state index contributed by atoms with van der Waals surface area (Å²) in [5.41, 5.74) is 0.658. The number of Topliss-reactive ketones (excluding diaryl/α,β-unsaturated/α-hetero) is 1. The van der Waals surface area contributed by atoms with E-state index in [4.69, 9.17) is 11.6 Å². The Hall–Kier alpha value is -1.09. The molecule has 0 saturated carbocycles. The highest BCUT2D eigenvalue weighted by Crippen LogP contribution is 2.22. The minimum absolute atomic E-state index is 0.00398. The van der Waals surface area contributed by atoms with Gasteiger partial charge in [0.2, 0.25) is 6.86 Å². The summed E-state index contributed by atoms with van der Waals surface area (Å²) in [4.78, 5) is 10.9. The van der Waals surface area contributed by atoms with Crippen molar-refractivity contribution in [1.82, 2.24) is 0 Å². The van der Waals surface area contributed by atoms with E-state index >= 15 is 0 Å². The number of ketones is 1. The Morgan fingerprint density at radius 3 is 2.86 bits per heavy atom. The van der Waals surface area contributed by atoms with Gasteiger partial charge in [0.05, 0.1) is 0 Å². The summed E-state index contributed by atoms with van der Waals surface area (Å²) in [6.45, 7) is 0.583. The third kappa shape index (κ3) is 3.00. The van der Waals surface area contributed by atoms with Gasteiger partial charge in [0.15, 0.2) is 0 Å². The normalized spacial score (nSPS) is 9.93. The fourth-order valence-electron chi connectivity index (χ4n) is 1.11. The Morgan fingerprint density at radius 2 is 2.29 bits per heavy atom. The predicted molar refractivity (Wildman–Crippen MR) is 52.4 cm³/mol. The molecule has 0 aliphatic carbocycles. The molecule has 0 saturated heterocycles. The Bertz CT molecular complexity index is 339. The summed E-state index contributed by atoms with van der Waals surface area (Å²) < 4.78 is 16.5. The van der Waals surface area contributed by atoms with Crippen LogP contribution in [0.4, 0.5) is 4.39 Å². The van der Waals surface area contributed by atoms with E-state index in [0.29, 0.717) is 16.3 Å². The van der Waals surface area contributed by atoms with E-state index in [2.05, 4.69) is 4.74 Å². The van der Waals surface area contributed by atoms with Crippen LogP contribution >= 0.6 is 11.6 Å². The van der Waals surface area contributed by atoms with Gasteiger partial charge in [-0.1, -0.05) is 11.6 Å². The first-order valence-electron chi connectivity index (χ1n) is 4.10. The van der Waals surface area contributed by atoms with Crippen LogP contribution in [-0.2, 0) is 11.2 Å². The molecule has 2 nitrogen and oxygen atoms in total. The number of carbonyl (C=O) groups is 1. The lowest BCUT2D eigenvalue weighted by atomic mass is 10.1. The molecule has 0 heterocycles. The van der Waals surface area contributed by atoms with Crippen molar-refractivity contribution in [3.63, 3.8) is 0 Å². The summed E-state index contributed by atoms with van der Waals surface area (Å²) in [6, 6.07) is 4.72. The topological polar surface area (TPSA) is 26.3 Å². The van der Waals surface area contributed by atoms with Crippen LogP contribution in [0.3, 0.4) is 0 Å². The average molecular weight is 217 g/mol. The van der Waals surface area contributed by atoms with Crippen LogP contribution in [0.1, 0.15) is 12.5 Å². The van der Waals surface area contributed by atoms with Crippen LogP contribution in [0.25, 0.3) is 0 Å². The number of carbonyl (C=O) groups excluding carboxylic acids is 1. The van der Waals surface area contributed by atoms with Gasteiger partial charge in [-0.05, 0) is 30.7 Å². The second-order valence-electron chi connectivity index (χ2n) is 2.89. The highest BCUT2D eigenvalue weighted by atomic mass is 35.5. The van der Waals surface area contributed by atoms with Gasteiger partial charge in [-0.25, -0.2) is 4.39 Å². The molecule has 0 aromatic heterocycles. The van der Waals surface area contributed by atoms with E-state index in [1.54, 1.807) is 18.2 Å². The lowest BCUT2D eigenvalue weighted by Gasteiger charge is -2.05. The molecular weight excluding hydrogens is 207 g/mol. The van der Waals surface area contributed by atoms with Gasteiger partial charge in [0.25, 0.3) is 0 Å². The monoisotopic (exact) mass is 216 g/mol. The van der Waals surface area contributed by atoms with Crippen molar-refractivity contribution in [2.24, 2.45) is 0 Å². The van der Waals surface area contributed by atoms with Crippen molar-refractivity contribution in [3.05, 3.63) is 28.8 Å². The maximum Gasteiger partial charge on any atom is 0.228 e. The zero-order valence-electron chi connectivity index (χ0n) is 7.72. The van der Waals surface area contributed by atoms with Crippen LogP contribution < -0.4 is 4.74 Å². The Morgan fingerprint density at radius 1 is 1.57 bits per heavy atom. The zero-order valence-corrected chi connectivity index (χ0v) is 8.47. The summed E-state index contributed by atoms with van der Waals surface area (Å²) in [5, 5.41) is 0.492. The molecule has 0 aliphatic rings. The molecule has 14 heavy (non-hydrogen) atoms. The summed E-state index contributed by atoms with van der Waals surface area (Å²) in [5.74, 6) is 0.387. The molecule has 0 unspecified atom stereocenters. The molecule has 0 fully saturated rings. The van der Waals surface area contributed by atoms with E-state index in [1.807, 2.05) is 0 Å². The van der Waals surface area contributed by atoms with Gasteiger partial charge in [-0.2, -0.15) is 0 Å². The van der Waals surface area contributed by atoms with E-state index in [1.165, 1.54) is 6.92 Å². The number of benzene rings is 1. The molecule has 0 N–H and O–H groups in total. The average Bonchev–Trinajstić information content (AvgIpc) is 2.10. The Labute approximate surface area is 86.6 Å². The molecule has 0 radical (unpaired) electrons. The van der Waals surface area contributed by atoms with E-state index in [0.717, 1.165) is 0 Å². The molecule has 0 bridgehead atoms. The van der Waals surface area contributed by atoms with Gasteiger partial charge >= 0.3 is 0 Å². The molecule has 76 valence electrons. The maximum atomic E-state index is 11.9. The van der Waals surface area contributed by atoms with Crippen LogP contribution in [0.5, 0.6) is 5.75 Å². The van der Waals surface area contributed by atoms with Crippen LogP contribution in [0.15, 0.2) is 18.2 Å². The minimum atomic E-state index is -0.888. The first kappa shape index (κ1) is 11.0. The molecule has 1 aromatic carbocycles. The predicted octanol–water partition coefficient (Wildman–Crippen LogP) is 2.78. The lowest BCUT2D eigenvalue weighted by Crippen LogP contribution is -1.98. The third-order valence-corrected chi connectivity index (χ3v) is 2.05. The van der Waals surface area contributed by atoms with Gasteiger partial charge < -0.3 is 4.74 Å². The highest BCUT2D eigenvalue weighted by Gasteiger charge is 2.05. The summed E-state index contributed by atoms with van der Waals surface area (Å²) in [6.07, 6.45) is 0.238. The molecule has 4 heteroatoms. The number of rotatable bonds is 4. The second-order valence-corrected chi connectivity index (χ2v) is 3.29. The standard InChI is InChI=1S/C10H10ClFO2/c1-7(13)4-8-5-9(14-6-12)2-3-10(8)11/h2-3,5H,4,6H2,1H3.